The van der Waals surface area contributed by atoms with Crippen molar-refractivity contribution in [3.8, 4) is 0 Å². The summed E-state index contributed by atoms with van der Waals surface area (Å²) in [5.41, 5.74) is 2.23. The highest BCUT2D eigenvalue weighted by Gasteiger charge is 2.04. The van der Waals surface area contributed by atoms with Gasteiger partial charge in [0.15, 0.2) is 4.77 Å². The lowest BCUT2D eigenvalue weighted by molar-refractivity contribution is 0.126. The Bertz CT molecular complexity index is 591. The van der Waals surface area contributed by atoms with E-state index in [1.54, 1.807) is 0 Å². The molecule has 0 atom stereocenters. The summed E-state index contributed by atoms with van der Waals surface area (Å²) in [5, 5.41) is 0. The Morgan fingerprint density at radius 1 is 1.32 bits per heavy atom. The molecule has 2 aromatic rings. The Hall–Kier alpha value is -0.650. The number of rotatable bonds is 7. The van der Waals surface area contributed by atoms with E-state index in [2.05, 4.69) is 44.5 Å². The topological polar surface area (TPSA) is 29.9 Å². The van der Waals surface area contributed by atoms with Crippen molar-refractivity contribution in [2.45, 2.75) is 32.7 Å². The summed E-state index contributed by atoms with van der Waals surface area (Å²) < 4.78 is 9.56. The van der Waals surface area contributed by atoms with Crippen LogP contribution in [0, 0.1) is 4.77 Å². The van der Waals surface area contributed by atoms with E-state index in [1.165, 1.54) is 6.42 Å². The summed E-state index contributed by atoms with van der Waals surface area (Å²) in [6.07, 6.45) is 3.31. The van der Waals surface area contributed by atoms with Crippen LogP contribution in [0.4, 0.5) is 0 Å². The number of hydrogen-bond donors (Lipinski definition) is 1. The third-order valence-corrected chi connectivity index (χ3v) is 3.86. The number of benzene rings is 1. The van der Waals surface area contributed by atoms with Gasteiger partial charge in [-0.2, -0.15) is 0 Å². The second-order valence-corrected chi connectivity index (χ2v) is 5.87. The van der Waals surface area contributed by atoms with Crippen molar-refractivity contribution in [1.82, 2.24) is 9.55 Å². The summed E-state index contributed by atoms with van der Waals surface area (Å²) in [5.74, 6) is 0. The van der Waals surface area contributed by atoms with E-state index < -0.39 is 0 Å². The van der Waals surface area contributed by atoms with Crippen molar-refractivity contribution in [3.05, 3.63) is 27.4 Å². The molecule has 0 unspecified atom stereocenters. The third-order valence-electron chi connectivity index (χ3n) is 3.05. The molecular formula is C14H19BrN2OS. The number of aromatic nitrogens is 2. The number of fused-ring (bicyclic) bond motifs is 1. The van der Waals surface area contributed by atoms with Gasteiger partial charge in [-0.15, -0.1) is 0 Å². The van der Waals surface area contributed by atoms with E-state index in [0.29, 0.717) is 0 Å². The van der Waals surface area contributed by atoms with Gasteiger partial charge in [0, 0.05) is 24.2 Å². The molecule has 0 fully saturated rings. The molecule has 1 N–H and O–H groups in total. The van der Waals surface area contributed by atoms with Crippen molar-refractivity contribution in [2.24, 2.45) is 0 Å². The first-order valence-electron chi connectivity index (χ1n) is 6.68. The molecule has 0 aliphatic rings. The van der Waals surface area contributed by atoms with Gasteiger partial charge in [-0.25, -0.2) is 0 Å². The Kier molecular flexibility index (Phi) is 5.60. The summed E-state index contributed by atoms with van der Waals surface area (Å²) in [6, 6.07) is 6.18. The molecule has 19 heavy (non-hydrogen) atoms. The van der Waals surface area contributed by atoms with Crippen LogP contribution in [0.5, 0.6) is 0 Å². The van der Waals surface area contributed by atoms with Gasteiger partial charge in [-0.1, -0.05) is 29.3 Å². The number of hydrogen-bond acceptors (Lipinski definition) is 2. The van der Waals surface area contributed by atoms with Gasteiger partial charge < -0.3 is 14.3 Å². The average Bonchev–Trinajstić information content (AvgIpc) is 2.69. The van der Waals surface area contributed by atoms with Crippen molar-refractivity contribution >= 4 is 39.2 Å². The smallest absolute Gasteiger partial charge is 0.178 e. The Morgan fingerprint density at radius 2 is 2.11 bits per heavy atom. The van der Waals surface area contributed by atoms with Crippen molar-refractivity contribution in [1.29, 1.82) is 0 Å². The third kappa shape index (κ3) is 3.91. The molecular weight excluding hydrogens is 324 g/mol. The minimum atomic E-state index is 0.779. The number of nitrogens with one attached hydrogen (secondary N) is 1. The minimum absolute atomic E-state index is 0.779. The first kappa shape index (κ1) is 14.8. The molecule has 104 valence electrons. The van der Waals surface area contributed by atoms with E-state index in [0.717, 1.165) is 52.9 Å². The molecule has 0 saturated heterocycles. The molecule has 0 aliphatic carbocycles. The normalized spacial score (nSPS) is 11.3. The lowest BCUT2D eigenvalue weighted by Crippen LogP contribution is -2.03. The molecule has 0 amide bonds. The molecule has 0 bridgehead atoms. The number of aromatic amines is 1. The number of aryl methyl sites for hydroxylation is 1. The van der Waals surface area contributed by atoms with Crippen molar-refractivity contribution in [3.63, 3.8) is 0 Å². The maximum Gasteiger partial charge on any atom is 0.178 e. The number of H-pyrrole nitrogens is 1. The Labute approximate surface area is 127 Å². The van der Waals surface area contributed by atoms with Gasteiger partial charge in [-0.05, 0) is 43.3 Å². The van der Waals surface area contributed by atoms with E-state index in [9.17, 15) is 0 Å². The van der Waals surface area contributed by atoms with Crippen LogP contribution < -0.4 is 0 Å². The maximum atomic E-state index is 5.58. The molecule has 0 aliphatic heterocycles. The van der Waals surface area contributed by atoms with Crippen LogP contribution in [0.3, 0.4) is 0 Å². The number of unbranched alkanes of at least 4 members (excludes halogenated alkanes) is 1. The zero-order valence-corrected chi connectivity index (χ0v) is 13.5. The SMILES string of the molecule is CCCCOCCCn1c(=S)[nH]c2cc(Br)ccc21. The fraction of sp³-hybridized carbons (Fsp3) is 0.500. The molecule has 1 aromatic carbocycles. The maximum absolute atomic E-state index is 5.58. The Morgan fingerprint density at radius 3 is 2.89 bits per heavy atom. The number of halogens is 1. The van der Waals surface area contributed by atoms with Crippen LogP contribution in [0.2, 0.25) is 0 Å². The van der Waals surface area contributed by atoms with Gasteiger partial charge in [-0.3, -0.25) is 0 Å². The van der Waals surface area contributed by atoms with Gasteiger partial charge in [0.1, 0.15) is 0 Å². The molecule has 0 spiro atoms. The lowest BCUT2D eigenvalue weighted by Gasteiger charge is -2.05. The van der Waals surface area contributed by atoms with Gasteiger partial charge >= 0.3 is 0 Å². The molecule has 1 heterocycles. The standard InChI is InChI=1S/C14H19BrN2OS/c1-2-3-8-18-9-4-7-17-13-6-5-11(15)10-12(13)16-14(17)19/h5-6,10H,2-4,7-9H2,1H3,(H,16,19). The highest BCUT2D eigenvalue weighted by molar-refractivity contribution is 9.10. The number of nitrogens with zero attached hydrogens (tertiary/aromatic N) is 1. The predicted molar refractivity (Wildman–Crippen MR) is 85.2 cm³/mol. The van der Waals surface area contributed by atoms with Gasteiger partial charge in [0.2, 0.25) is 0 Å². The lowest BCUT2D eigenvalue weighted by atomic mass is 10.3. The zero-order chi connectivity index (χ0) is 13.7. The summed E-state index contributed by atoms with van der Waals surface area (Å²) >= 11 is 8.84. The molecule has 3 nitrogen and oxygen atoms in total. The number of imidazole rings is 1. The van der Waals surface area contributed by atoms with Gasteiger partial charge in [0.25, 0.3) is 0 Å². The molecule has 0 saturated carbocycles. The van der Waals surface area contributed by atoms with E-state index in [1.807, 2.05) is 6.07 Å². The largest absolute Gasteiger partial charge is 0.381 e. The average molecular weight is 343 g/mol. The molecule has 2 rings (SSSR count). The summed E-state index contributed by atoms with van der Waals surface area (Å²) in [7, 11) is 0. The summed E-state index contributed by atoms with van der Waals surface area (Å²) in [4.78, 5) is 3.24. The second kappa shape index (κ2) is 7.22. The molecule has 5 heteroatoms. The Balaban J connectivity index is 1.97. The quantitative estimate of drug-likeness (QED) is 0.585. The highest BCUT2D eigenvalue weighted by atomic mass is 79.9. The van der Waals surface area contributed by atoms with Crippen LogP contribution in [-0.2, 0) is 11.3 Å². The van der Waals surface area contributed by atoms with Crippen LogP contribution in [-0.4, -0.2) is 22.8 Å². The van der Waals surface area contributed by atoms with Crippen molar-refractivity contribution in [2.75, 3.05) is 13.2 Å². The predicted octanol–water partition coefficient (Wildman–Crippen LogP) is 4.67. The molecule has 0 radical (unpaired) electrons. The van der Waals surface area contributed by atoms with E-state index in [-0.39, 0.29) is 0 Å². The van der Waals surface area contributed by atoms with Crippen molar-refractivity contribution < 1.29 is 4.74 Å². The first-order chi connectivity index (χ1) is 9.22. The first-order valence-corrected chi connectivity index (χ1v) is 7.88. The van der Waals surface area contributed by atoms with Gasteiger partial charge in [0.05, 0.1) is 11.0 Å². The molecule has 1 aromatic heterocycles. The minimum Gasteiger partial charge on any atom is -0.381 e. The van der Waals surface area contributed by atoms with Crippen LogP contribution in [0.15, 0.2) is 22.7 Å². The second-order valence-electron chi connectivity index (χ2n) is 4.56. The summed E-state index contributed by atoms with van der Waals surface area (Å²) in [6.45, 7) is 4.73. The van der Waals surface area contributed by atoms with E-state index >= 15 is 0 Å². The fourth-order valence-corrected chi connectivity index (χ4v) is 2.69. The fourth-order valence-electron chi connectivity index (χ4n) is 2.03. The number of ether oxygens (including phenoxy) is 1. The van der Waals surface area contributed by atoms with Crippen LogP contribution in [0.1, 0.15) is 26.2 Å². The highest BCUT2D eigenvalue weighted by Crippen LogP contribution is 2.19. The van der Waals surface area contributed by atoms with Crippen LogP contribution >= 0.6 is 28.1 Å². The van der Waals surface area contributed by atoms with E-state index in [4.69, 9.17) is 17.0 Å². The monoisotopic (exact) mass is 342 g/mol. The zero-order valence-electron chi connectivity index (χ0n) is 11.1. The van der Waals surface area contributed by atoms with Crippen LogP contribution in [0.25, 0.3) is 11.0 Å².